The largest absolute Gasteiger partial charge is 0.462 e. The first-order chi connectivity index (χ1) is 23.3. The smallest absolute Gasteiger partial charge is 0.329 e. The first-order valence-electron chi connectivity index (χ1n) is 19.4. The van der Waals surface area contributed by atoms with Gasteiger partial charge in [-0.1, -0.05) is 83.1 Å². The number of amides is 1. The summed E-state index contributed by atoms with van der Waals surface area (Å²) < 4.78 is 11.6. The predicted octanol–water partition coefficient (Wildman–Crippen LogP) is 9.31. The standard InChI is InChI=1S/C42H62N2O5/c1-7-8-9-10-11-12-15-36(39(47)49-40(2,3)4)44-37(45)20-21-38(46)48-31-22-24-41(5)30(27-31)16-17-32-34-19-18-33(29-14-13-26-43-28-29)42(34,6)25-23-35(32)41/h13-14,16,18,26,28,31-32,34-36H,7-12,15,17,19-25,27H2,1-6H3,(H,44,45)/t31-,32-,34?,35-,36?,41-,42+/m0/s1. The van der Waals surface area contributed by atoms with Crippen LogP contribution in [-0.2, 0) is 23.9 Å². The summed E-state index contributed by atoms with van der Waals surface area (Å²) in [6.45, 7) is 12.6. The van der Waals surface area contributed by atoms with Crippen LogP contribution in [-0.4, -0.2) is 40.6 Å². The quantitative estimate of drug-likeness (QED) is 0.120. The van der Waals surface area contributed by atoms with Crippen molar-refractivity contribution in [2.45, 2.75) is 162 Å². The van der Waals surface area contributed by atoms with Gasteiger partial charge in [0.05, 0.1) is 6.42 Å². The molecule has 4 aliphatic rings. The topological polar surface area (TPSA) is 94.6 Å². The molecular formula is C42H62N2O5. The molecule has 0 radical (unpaired) electrons. The van der Waals surface area contributed by atoms with Crippen molar-refractivity contribution < 1.29 is 23.9 Å². The zero-order chi connectivity index (χ0) is 35.2. The first kappa shape index (κ1) is 37.3. The molecule has 270 valence electrons. The van der Waals surface area contributed by atoms with Gasteiger partial charge in [0.15, 0.2) is 0 Å². The third kappa shape index (κ3) is 8.86. The highest BCUT2D eigenvalue weighted by molar-refractivity contribution is 5.86. The number of hydrogen-bond acceptors (Lipinski definition) is 6. The van der Waals surface area contributed by atoms with Gasteiger partial charge in [-0.15, -0.1) is 0 Å². The molecule has 1 heterocycles. The Hall–Kier alpha value is -2.96. The minimum absolute atomic E-state index is 0.000735. The monoisotopic (exact) mass is 674 g/mol. The van der Waals surface area contributed by atoms with Crippen LogP contribution < -0.4 is 5.32 Å². The molecule has 0 saturated heterocycles. The molecule has 1 N–H and O–H groups in total. The number of nitrogens with zero attached hydrogens (tertiary/aromatic N) is 1. The summed E-state index contributed by atoms with van der Waals surface area (Å²) in [5.74, 6) is 0.914. The van der Waals surface area contributed by atoms with E-state index in [0.717, 1.165) is 51.4 Å². The summed E-state index contributed by atoms with van der Waals surface area (Å²) in [4.78, 5) is 43.2. The van der Waals surface area contributed by atoms with Crippen LogP contribution in [0.2, 0.25) is 0 Å². The van der Waals surface area contributed by atoms with E-state index in [9.17, 15) is 14.4 Å². The Balaban J connectivity index is 1.11. The summed E-state index contributed by atoms with van der Waals surface area (Å²) in [7, 11) is 0. The van der Waals surface area contributed by atoms with Crippen LogP contribution >= 0.6 is 0 Å². The third-order valence-electron chi connectivity index (χ3n) is 12.3. The number of pyridine rings is 1. The normalized spacial score (nSPS) is 29.8. The van der Waals surface area contributed by atoms with Gasteiger partial charge in [-0.3, -0.25) is 14.6 Å². The SMILES string of the molecule is CCCCCCCCC(NC(=O)CCC(=O)O[C@H]1CC[C@@]2(C)C(=CC[C@H]3C4CC=C(c5cccnc5)[C@@]4(C)CC[C@@H]32)C1)C(=O)OC(C)(C)C. The molecule has 2 unspecified atom stereocenters. The number of carbonyl (C=O) groups is 3. The molecule has 1 amide bonds. The van der Waals surface area contributed by atoms with Crippen LogP contribution in [0.3, 0.4) is 0 Å². The summed E-state index contributed by atoms with van der Waals surface area (Å²) >= 11 is 0. The summed E-state index contributed by atoms with van der Waals surface area (Å²) in [6.07, 6.45) is 23.2. The molecule has 0 aliphatic heterocycles. The number of aromatic nitrogens is 1. The molecule has 7 atom stereocenters. The number of fused-ring (bicyclic) bond motifs is 5. The first-order valence-corrected chi connectivity index (χ1v) is 19.4. The van der Waals surface area contributed by atoms with Crippen molar-refractivity contribution in [2.24, 2.45) is 28.6 Å². The van der Waals surface area contributed by atoms with Crippen molar-refractivity contribution in [3.63, 3.8) is 0 Å². The number of nitrogens with one attached hydrogen (secondary N) is 1. The maximum absolute atomic E-state index is 13.0. The van der Waals surface area contributed by atoms with Gasteiger partial charge in [-0.25, -0.2) is 4.79 Å². The molecule has 5 rings (SSSR count). The van der Waals surface area contributed by atoms with E-state index >= 15 is 0 Å². The Morgan fingerprint density at radius 2 is 1.71 bits per heavy atom. The van der Waals surface area contributed by atoms with Crippen molar-refractivity contribution in [1.82, 2.24) is 10.3 Å². The number of unbranched alkanes of at least 4 members (excludes halogenated alkanes) is 5. The Kier molecular flexibility index (Phi) is 12.1. The van der Waals surface area contributed by atoms with Gasteiger partial charge in [-0.2, -0.15) is 0 Å². The van der Waals surface area contributed by atoms with E-state index in [2.05, 4.69) is 55.4 Å². The fourth-order valence-corrected chi connectivity index (χ4v) is 9.74. The van der Waals surface area contributed by atoms with Crippen LogP contribution in [0.15, 0.2) is 42.3 Å². The molecule has 2 fully saturated rings. The third-order valence-corrected chi connectivity index (χ3v) is 12.3. The van der Waals surface area contributed by atoms with Crippen molar-refractivity contribution in [2.75, 3.05) is 0 Å². The van der Waals surface area contributed by atoms with E-state index in [0.29, 0.717) is 24.2 Å². The van der Waals surface area contributed by atoms with Crippen LogP contribution in [0.25, 0.3) is 5.57 Å². The van der Waals surface area contributed by atoms with E-state index in [1.165, 1.54) is 48.8 Å². The van der Waals surface area contributed by atoms with Gasteiger partial charge in [-0.05, 0) is 112 Å². The van der Waals surface area contributed by atoms with Crippen molar-refractivity contribution >= 4 is 23.4 Å². The van der Waals surface area contributed by atoms with Crippen LogP contribution in [0.4, 0.5) is 0 Å². The summed E-state index contributed by atoms with van der Waals surface area (Å²) in [5, 5.41) is 2.86. The van der Waals surface area contributed by atoms with E-state index in [-0.39, 0.29) is 41.7 Å². The minimum Gasteiger partial charge on any atom is -0.462 e. The Labute approximate surface area is 295 Å². The summed E-state index contributed by atoms with van der Waals surface area (Å²) in [6, 6.07) is 3.56. The van der Waals surface area contributed by atoms with Gasteiger partial charge in [0.25, 0.3) is 0 Å². The van der Waals surface area contributed by atoms with Gasteiger partial charge < -0.3 is 14.8 Å². The molecule has 0 bridgehead atoms. The fourth-order valence-electron chi connectivity index (χ4n) is 9.74. The van der Waals surface area contributed by atoms with E-state index < -0.39 is 17.6 Å². The second-order valence-electron chi connectivity index (χ2n) is 16.9. The predicted molar refractivity (Wildman–Crippen MR) is 194 cm³/mol. The molecular weight excluding hydrogens is 612 g/mol. The van der Waals surface area contributed by atoms with Gasteiger partial charge in [0.1, 0.15) is 17.7 Å². The molecule has 0 spiro atoms. The molecule has 2 saturated carbocycles. The van der Waals surface area contributed by atoms with Crippen molar-refractivity contribution in [3.8, 4) is 0 Å². The highest BCUT2D eigenvalue weighted by atomic mass is 16.6. The van der Waals surface area contributed by atoms with E-state index in [4.69, 9.17) is 9.47 Å². The second kappa shape index (κ2) is 15.9. The lowest BCUT2D eigenvalue weighted by Gasteiger charge is -2.57. The van der Waals surface area contributed by atoms with Crippen molar-refractivity contribution in [1.29, 1.82) is 0 Å². The molecule has 7 heteroatoms. The number of hydrogen-bond donors (Lipinski definition) is 1. The minimum atomic E-state index is -0.702. The molecule has 1 aromatic rings. The zero-order valence-corrected chi connectivity index (χ0v) is 31.2. The lowest BCUT2D eigenvalue weighted by atomic mass is 9.47. The Bertz CT molecular complexity index is 1380. The second-order valence-corrected chi connectivity index (χ2v) is 16.9. The molecule has 7 nitrogen and oxygen atoms in total. The lowest BCUT2D eigenvalue weighted by Crippen LogP contribution is -2.50. The molecule has 1 aromatic heterocycles. The number of rotatable bonds is 14. The summed E-state index contributed by atoms with van der Waals surface area (Å²) in [5.41, 5.74) is 3.95. The number of allylic oxidation sites excluding steroid dienone is 3. The van der Waals surface area contributed by atoms with Crippen LogP contribution in [0.5, 0.6) is 0 Å². The average molecular weight is 675 g/mol. The number of esters is 2. The lowest BCUT2D eigenvalue weighted by molar-refractivity contribution is -0.159. The maximum atomic E-state index is 13.0. The highest BCUT2D eigenvalue weighted by Crippen LogP contribution is 2.66. The van der Waals surface area contributed by atoms with Gasteiger partial charge in [0, 0.05) is 25.2 Å². The fraction of sp³-hybridized carbons (Fsp3) is 0.714. The maximum Gasteiger partial charge on any atom is 0.329 e. The average Bonchev–Trinajstić information content (AvgIpc) is 3.42. The Morgan fingerprint density at radius 3 is 2.45 bits per heavy atom. The molecule has 49 heavy (non-hydrogen) atoms. The molecule has 4 aliphatic carbocycles. The number of ether oxygens (including phenoxy) is 2. The van der Waals surface area contributed by atoms with E-state index in [1.54, 1.807) is 0 Å². The van der Waals surface area contributed by atoms with Crippen molar-refractivity contribution in [3.05, 3.63) is 47.8 Å². The number of carbonyl (C=O) groups excluding carboxylic acids is 3. The van der Waals surface area contributed by atoms with Gasteiger partial charge >= 0.3 is 11.9 Å². The molecule has 0 aromatic carbocycles. The van der Waals surface area contributed by atoms with E-state index in [1.807, 2.05) is 33.2 Å². The highest BCUT2D eigenvalue weighted by Gasteiger charge is 2.57. The van der Waals surface area contributed by atoms with Crippen LogP contribution in [0.1, 0.15) is 150 Å². The van der Waals surface area contributed by atoms with Gasteiger partial charge in [0.2, 0.25) is 5.91 Å². The Morgan fingerprint density at radius 1 is 0.959 bits per heavy atom. The zero-order valence-electron chi connectivity index (χ0n) is 31.2. The van der Waals surface area contributed by atoms with Crippen LogP contribution in [0, 0.1) is 28.6 Å².